The van der Waals surface area contributed by atoms with Gasteiger partial charge in [0.25, 0.3) is 5.91 Å². The fourth-order valence-corrected chi connectivity index (χ4v) is 1.85. The Morgan fingerprint density at radius 1 is 1.29 bits per heavy atom. The molecule has 0 fully saturated rings. The standard InChI is InChI=1S/C14H12Cl2N2O3/c15-10-2-1-3-11(13(10)16)21-12-5-4-9(8-18-12)14(20)17-6-7-19/h1-5,8,19H,6-7H2,(H,17,20). The number of aromatic nitrogens is 1. The molecule has 2 rings (SSSR count). The summed E-state index contributed by atoms with van der Waals surface area (Å²) in [6, 6.07) is 8.13. The molecule has 1 aromatic carbocycles. The van der Waals surface area contributed by atoms with Crippen molar-refractivity contribution in [2.45, 2.75) is 0 Å². The van der Waals surface area contributed by atoms with Gasteiger partial charge in [-0.25, -0.2) is 4.98 Å². The van der Waals surface area contributed by atoms with Crippen molar-refractivity contribution in [3.05, 3.63) is 52.1 Å². The predicted octanol–water partition coefficient (Wildman–Crippen LogP) is 2.90. The number of benzene rings is 1. The molecule has 5 nitrogen and oxygen atoms in total. The van der Waals surface area contributed by atoms with E-state index in [1.807, 2.05) is 0 Å². The van der Waals surface area contributed by atoms with Crippen LogP contribution in [0.3, 0.4) is 0 Å². The van der Waals surface area contributed by atoms with Crippen LogP contribution in [-0.2, 0) is 0 Å². The molecule has 0 aliphatic rings. The number of pyridine rings is 1. The summed E-state index contributed by atoms with van der Waals surface area (Å²) >= 11 is 11.9. The van der Waals surface area contributed by atoms with Crippen molar-refractivity contribution < 1.29 is 14.6 Å². The summed E-state index contributed by atoms with van der Waals surface area (Å²) in [7, 11) is 0. The summed E-state index contributed by atoms with van der Waals surface area (Å²) in [5.74, 6) is 0.357. The first-order valence-electron chi connectivity index (χ1n) is 6.09. The van der Waals surface area contributed by atoms with E-state index in [0.717, 1.165) is 0 Å². The zero-order valence-electron chi connectivity index (χ0n) is 10.8. The Hall–Kier alpha value is -1.82. The van der Waals surface area contributed by atoms with E-state index in [0.29, 0.717) is 21.4 Å². The van der Waals surface area contributed by atoms with Crippen molar-refractivity contribution in [2.24, 2.45) is 0 Å². The third-order valence-electron chi connectivity index (χ3n) is 2.53. The molecule has 0 bridgehead atoms. The van der Waals surface area contributed by atoms with Gasteiger partial charge in [0, 0.05) is 18.8 Å². The second-order valence-corrected chi connectivity index (χ2v) is 4.80. The molecular weight excluding hydrogens is 315 g/mol. The number of rotatable bonds is 5. The van der Waals surface area contributed by atoms with Crippen molar-refractivity contribution >= 4 is 29.1 Å². The molecule has 2 N–H and O–H groups in total. The minimum absolute atomic E-state index is 0.117. The van der Waals surface area contributed by atoms with Crippen LogP contribution in [0, 0.1) is 0 Å². The van der Waals surface area contributed by atoms with Crippen LogP contribution in [0.1, 0.15) is 10.4 Å². The molecule has 7 heteroatoms. The van der Waals surface area contributed by atoms with E-state index in [9.17, 15) is 4.79 Å². The van der Waals surface area contributed by atoms with E-state index in [4.69, 9.17) is 33.0 Å². The van der Waals surface area contributed by atoms with Gasteiger partial charge in [-0.15, -0.1) is 0 Å². The highest BCUT2D eigenvalue weighted by molar-refractivity contribution is 6.42. The van der Waals surface area contributed by atoms with Gasteiger partial charge in [0.15, 0.2) is 0 Å². The summed E-state index contributed by atoms with van der Waals surface area (Å²) in [5, 5.41) is 11.9. The fourth-order valence-electron chi connectivity index (χ4n) is 1.52. The van der Waals surface area contributed by atoms with Gasteiger partial charge in [-0.05, 0) is 18.2 Å². The highest BCUT2D eigenvalue weighted by Gasteiger charge is 2.09. The van der Waals surface area contributed by atoms with Gasteiger partial charge in [0.05, 0.1) is 17.2 Å². The highest BCUT2D eigenvalue weighted by atomic mass is 35.5. The molecule has 0 spiro atoms. The number of carbonyl (C=O) groups is 1. The average Bonchev–Trinajstić information content (AvgIpc) is 2.50. The van der Waals surface area contributed by atoms with Crippen molar-refractivity contribution in [3.63, 3.8) is 0 Å². The van der Waals surface area contributed by atoms with Crippen LogP contribution >= 0.6 is 23.2 Å². The number of aliphatic hydroxyl groups is 1. The lowest BCUT2D eigenvalue weighted by molar-refractivity contribution is 0.0944. The third-order valence-corrected chi connectivity index (χ3v) is 3.33. The van der Waals surface area contributed by atoms with Gasteiger partial charge < -0.3 is 15.2 Å². The lowest BCUT2D eigenvalue weighted by Crippen LogP contribution is -2.26. The summed E-state index contributed by atoms with van der Waals surface area (Å²) in [5.41, 5.74) is 0.369. The number of hydrogen-bond acceptors (Lipinski definition) is 4. The van der Waals surface area contributed by atoms with E-state index in [1.165, 1.54) is 6.20 Å². The minimum Gasteiger partial charge on any atom is -0.437 e. The Morgan fingerprint density at radius 2 is 2.10 bits per heavy atom. The van der Waals surface area contributed by atoms with Crippen molar-refractivity contribution in [3.8, 4) is 11.6 Å². The van der Waals surface area contributed by atoms with E-state index in [1.54, 1.807) is 30.3 Å². The molecular formula is C14H12Cl2N2O3. The van der Waals surface area contributed by atoms with Gasteiger partial charge >= 0.3 is 0 Å². The van der Waals surface area contributed by atoms with E-state index in [-0.39, 0.29) is 24.9 Å². The maximum absolute atomic E-state index is 11.6. The molecule has 0 atom stereocenters. The number of halogens is 2. The number of nitrogens with one attached hydrogen (secondary N) is 1. The average molecular weight is 327 g/mol. The Balaban J connectivity index is 2.09. The normalized spacial score (nSPS) is 10.2. The number of carbonyl (C=O) groups excluding carboxylic acids is 1. The quantitative estimate of drug-likeness (QED) is 0.886. The second kappa shape index (κ2) is 7.26. The first-order chi connectivity index (χ1) is 10.1. The van der Waals surface area contributed by atoms with Crippen LogP contribution in [-0.4, -0.2) is 29.1 Å². The van der Waals surface area contributed by atoms with Gasteiger partial charge in [0.2, 0.25) is 5.88 Å². The Kier molecular flexibility index (Phi) is 5.38. The third kappa shape index (κ3) is 4.07. The van der Waals surface area contributed by atoms with Gasteiger partial charge in [-0.1, -0.05) is 29.3 Å². The van der Waals surface area contributed by atoms with Crippen LogP contribution in [0.15, 0.2) is 36.5 Å². The molecule has 1 amide bonds. The molecule has 110 valence electrons. The lowest BCUT2D eigenvalue weighted by Gasteiger charge is -2.08. The molecule has 0 unspecified atom stereocenters. The Labute approximate surface area is 131 Å². The summed E-state index contributed by atoms with van der Waals surface area (Å²) in [6.07, 6.45) is 1.38. The summed E-state index contributed by atoms with van der Waals surface area (Å²) in [6.45, 7) is 0.0723. The van der Waals surface area contributed by atoms with E-state index in [2.05, 4.69) is 10.3 Å². The summed E-state index contributed by atoms with van der Waals surface area (Å²) in [4.78, 5) is 15.7. The van der Waals surface area contributed by atoms with Gasteiger partial charge in [0.1, 0.15) is 10.8 Å². The molecule has 21 heavy (non-hydrogen) atoms. The van der Waals surface area contributed by atoms with Crippen LogP contribution < -0.4 is 10.1 Å². The molecule has 0 saturated heterocycles. The van der Waals surface area contributed by atoms with Gasteiger partial charge in [-0.3, -0.25) is 4.79 Å². The van der Waals surface area contributed by atoms with Crippen molar-refractivity contribution in [1.29, 1.82) is 0 Å². The largest absolute Gasteiger partial charge is 0.437 e. The first-order valence-corrected chi connectivity index (χ1v) is 6.84. The van der Waals surface area contributed by atoms with E-state index >= 15 is 0 Å². The van der Waals surface area contributed by atoms with Crippen LogP contribution in [0.25, 0.3) is 0 Å². The first kappa shape index (κ1) is 15.6. The molecule has 2 aromatic rings. The number of amides is 1. The SMILES string of the molecule is O=C(NCCO)c1ccc(Oc2cccc(Cl)c2Cl)nc1. The predicted molar refractivity (Wildman–Crippen MR) is 80.2 cm³/mol. The maximum Gasteiger partial charge on any atom is 0.252 e. The molecule has 0 saturated carbocycles. The topological polar surface area (TPSA) is 71.5 Å². The van der Waals surface area contributed by atoms with E-state index < -0.39 is 0 Å². The van der Waals surface area contributed by atoms with Crippen molar-refractivity contribution in [1.82, 2.24) is 10.3 Å². The Morgan fingerprint density at radius 3 is 2.76 bits per heavy atom. The van der Waals surface area contributed by atoms with Crippen LogP contribution in [0.5, 0.6) is 11.6 Å². The summed E-state index contributed by atoms with van der Waals surface area (Å²) < 4.78 is 5.51. The number of aliphatic hydroxyl groups excluding tert-OH is 1. The van der Waals surface area contributed by atoms with Crippen LogP contribution in [0.2, 0.25) is 10.0 Å². The fraction of sp³-hybridized carbons (Fsp3) is 0.143. The molecule has 0 radical (unpaired) electrons. The highest BCUT2D eigenvalue weighted by Crippen LogP contribution is 2.33. The van der Waals surface area contributed by atoms with Gasteiger partial charge in [-0.2, -0.15) is 0 Å². The Bertz CT molecular complexity index is 633. The van der Waals surface area contributed by atoms with Crippen LogP contribution in [0.4, 0.5) is 0 Å². The molecule has 0 aliphatic heterocycles. The number of hydrogen-bond donors (Lipinski definition) is 2. The number of ether oxygens (including phenoxy) is 1. The van der Waals surface area contributed by atoms with Crippen molar-refractivity contribution in [2.75, 3.05) is 13.2 Å². The lowest BCUT2D eigenvalue weighted by atomic mass is 10.2. The smallest absolute Gasteiger partial charge is 0.252 e. The molecule has 1 aromatic heterocycles. The number of nitrogens with zero attached hydrogens (tertiary/aromatic N) is 1. The monoisotopic (exact) mass is 326 g/mol. The second-order valence-electron chi connectivity index (χ2n) is 4.02. The zero-order valence-corrected chi connectivity index (χ0v) is 12.4. The minimum atomic E-state index is -0.316. The molecule has 1 heterocycles. The maximum atomic E-state index is 11.6. The molecule has 0 aliphatic carbocycles. The zero-order chi connectivity index (χ0) is 15.2.